The van der Waals surface area contributed by atoms with E-state index in [1.54, 1.807) is 24.4 Å². The minimum atomic E-state index is -3.66. The van der Waals surface area contributed by atoms with E-state index >= 15 is 0 Å². The molecule has 1 saturated carbocycles. The summed E-state index contributed by atoms with van der Waals surface area (Å²) in [6.45, 7) is 0.317. The number of hydrogen-bond acceptors (Lipinski definition) is 5. The predicted octanol–water partition coefficient (Wildman–Crippen LogP) is 0.872. The number of anilines is 1. The Labute approximate surface area is 116 Å². The van der Waals surface area contributed by atoms with Gasteiger partial charge in [0.1, 0.15) is 4.90 Å². The van der Waals surface area contributed by atoms with Crippen LogP contribution in [0.5, 0.6) is 0 Å². The summed E-state index contributed by atoms with van der Waals surface area (Å²) in [5.41, 5.74) is 6.49. The van der Waals surface area contributed by atoms with Crippen molar-refractivity contribution in [1.82, 2.24) is 14.8 Å². The van der Waals surface area contributed by atoms with Crippen LogP contribution >= 0.6 is 0 Å². The van der Waals surface area contributed by atoms with Crippen molar-refractivity contribution in [2.75, 3.05) is 4.72 Å². The van der Waals surface area contributed by atoms with Crippen LogP contribution in [0, 0.1) is 0 Å². The molecule has 0 bridgehead atoms. The Balaban J connectivity index is 1.91. The number of sulfonamides is 1. The number of aromatic nitrogens is 3. The van der Waals surface area contributed by atoms with Gasteiger partial charge in [-0.15, -0.1) is 5.10 Å². The molecule has 8 heteroatoms. The molecule has 0 atom stereocenters. The van der Waals surface area contributed by atoms with E-state index in [0.717, 1.165) is 18.5 Å². The lowest BCUT2D eigenvalue weighted by Gasteiger charge is -2.04. The second-order valence-corrected chi connectivity index (χ2v) is 6.41. The van der Waals surface area contributed by atoms with Crippen molar-refractivity contribution in [3.8, 4) is 0 Å². The van der Waals surface area contributed by atoms with Crippen molar-refractivity contribution in [1.29, 1.82) is 0 Å². The lowest BCUT2D eigenvalue weighted by molar-refractivity contribution is 0.600. The van der Waals surface area contributed by atoms with Gasteiger partial charge < -0.3 is 10.3 Å². The molecular formula is C12H15N5O2S. The summed E-state index contributed by atoms with van der Waals surface area (Å²) in [6, 6.07) is 5.16. The molecule has 1 aliphatic carbocycles. The van der Waals surface area contributed by atoms with Gasteiger partial charge in [0.25, 0.3) is 10.0 Å². The number of rotatable bonds is 5. The van der Waals surface area contributed by atoms with Gasteiger partial charge in [-0.05, 0) is 31.0 Å². The Bertz CT molecular complexity index is 707. The van der Waals surface area contributed by atoms with Crippen LogP contribution in [0.1, 0.15) is 24.6 Å². The number of nitrogens with one attached hydrogen (secondary N) is 1. The average molecular weight is 293 g/mol. The van der Waals surface area contributed by atoms with Gasteiger partial charge in [-0.3, -0.25) is 4.72 Å². The normalized spacial score (nSPS) is 15.2. The maximum atomic E-state index is 12.3. The summed E-state index contributed by atoms with van der Waals surface area (Å²) in [6.07, 6.45) is 5.25. The molecule has 106 valence electrons. The molecular weight excluding hydrogens is 278 g/mol. The molecule has 0 amide bonds. The first-order valence-electron chi connectivity index (χ1n) is 6.31. The van der Waals surface area contributed by atoms with Gasteiger partial charge >= 0.3 is 0 Å². The van der Waals surface area contributed by atoms with Crippen LogP contribution in [-0.4, -0.2) is 23.2 Å². The maximum Gasteiger partial charge on any atom is 0.264 e. The highest BCUT2D eigenvalue weighted by molar-refractivity contribution is 7.92. The van der Waals surface area contributed by atoms with Gasteiger partial charge in [0.15, 0.2) is 5.82 Å². The Morgan fingerprint density at radius 2 is 2.25 bits per heavy atom. The summed E-state index contributed by atoms with van der Waals surface area (Å²) in [4.78, 5) is 0.204. The summed E-state index contributed by atoms with van der Waals surface area (Å²) in [5, 5.41) is 7.35. The molecule has 20 heavy (non-hydrogen) atoms. The lowest BCUT2D eigenvalue weighted by Crippen LogP contribution is -2.13. The highest BCUT2D eigenvalue weighted by atomic mass is 32.2. The third kappa shape index (κ3) is 2.52. The van der Waals surface area contributed by atoms with Crippen molar-refractivity contribution < 1.29 is 8.42 Å². The highest BCUT2D eigenvalue weighted by Crippen LogP contribution is 2.37. The Morgan fingerprint density at radius 1 is 1.45 bits per heavy atom. The molecule has 0 radical (unpaired) electrons. The van der Waals surface area contributed by atoms with Crippen molar-refractivity contribution in [3.05, 3.63) is 36.3 Å². The number of hydrogen-bond donors (Lipinski definition) is 2. The van der Waals surface area contributed by atoms with E-state index in [1.165, 1.54) is 6.20 Å². The summed E-state index contributed by atoms with van der Waals surface area (Å²) >= 11 is 0. The smallest absolute Gasteiger partial charge is 0.264 e. The Hall–Kier alpha value is -1.93. The fourth-order valence-corrected chi connectivity index (χ4v) is 3.10. The van der Waals surface area contributed by atoms with Crippen molar-refractivity contribution >= 4 is 15.8 Å². The first-order chi connectivity index (χ1) is 9.60. The van der Waals surface area contributed by atoms with E-state index < -0.39 is 10.0 Å². The van der Waals surface area contributed by atoms with Gasteiger partial charge in [0.2, 0.25) is 0 Å². The Kier molecular flexibility index (Phi) is 3.19. The maximum absolute atomic E-state index is 12.3. The van der Waals surface area contributed by atoms with Gasteiger partial charge in [-0.2, -0.15) is 5.10 Å². The predicted molar refractivity (Wildman–Crippen MR) is 73.4 cm³/mol. The minimum Gasteiger partial charge on any atom is -0.346 e. The first kappa shape index (κ1) is 13.1. The van der Waals surface area contributed by atoms with E-state index in [4.69, 9.17) is 5.73 Å². The van der Waals surface area contributed by atoms with Crippen molar-refractivity contribution in [3.63, 3.8) is 0 Å². The molecule has 0 aliphatic heterocycles. The SMILES string of the molecule is NCc1cc(S(=O)(=O)Nc2cccnn2)cn1C1CC1. The van der Waals surface area contributed by atoms with Crippen molar-refractivity contribution in [2.45, 2.75) is 30.3 Å². The first-order valence-corrected chi connectivity index (χ1v) is 7.80. The number of nitrogens with two attached hydrogens (primary N) is 1. The fraction of sp³-hybridized carbons (Fsp3) is 0.333. The molecule has 2 aromatic rings. The zero-order chi connectivity index (χ0) is 14.2. The molecule has 3 N–H and O–H groups in total. The average Bonchev–Trinajstić information content (AvgIpc) is 3.18. The molecule has 2 heterocycles. The van der Waals surface area contributed by atoms with Gasteiger partial charge in [-0.25, -0.2) is 8.42 Å². The van der Waals surface area contributed by atoms with Gasteiger partial charge in [0, 0.05) is 30.7 Å². The van der Waals surface area contributed by atoms with Crippen LogP contribution in [0.15, 0.2) is 35.5 Å². The topological polar surface area (TPSA) is 103 Å². The molecule has 1 aliphatic rings. The zero-order valence-corrected chi connectivity index (χ0v) is 11.5. The molecule has 0 spiro atoms. The number of nitrogens with zero attached hydrogens (tertiary/aromatic N) is 3. The largest absolute Gasteiger partial charge is 0.346 e. The standard InChI is InChI=1S/C12H15N5O2S/c13-7-10-6-11(8-17(10)9-3-4-9)20(18,19)16-12-2-1-5-14-15-12/h1-2,5-6,8-9H,3-4,7,13H2,(H,15,16). The second-order valence-electron chi connectivity index (χ2n) is 4.72. The third-order valence-corrected chi connectivity index (χ3v) is 4.50. The molecule has 0 aromatic carbocycles. The lowest BCUT2D eigenvalue weighted by atomic mass is 10.4. The monoisotopic (exact) mass is 293 g/mol. The van der Waals surface area contributed by atoms with Crippen LogP contribution in [0.4, 0.5) is 5.82 Å². The van der Waals surface area contributed by atoms with Crippen LogP contribution < -0.4 is 10.5 Å². The Morgan fingerprint density at radius 3 is 2.85 bits per heavy atom. The van der Waals surface area contributed by atoms with E-state index in [-0.39, 0.29) is 10.7 Å². The second kappa shape index (κ2) is 4.88. The van der Waals surface area contributed by atoms with Gasteiger partial charge in [-0.1, -0.05) is 0 Å². The van der Waals surface area contributed by atoms with Crippen LogP contribution in [-0.2, 0) is 16.6 Å². The van der Waals surface area contributed by atoms with E-state index in [0.29, 0.717) is 12.6 Å². The summed E-state index contributed by atoms with van der Waals surface area (Å²) in [7, 11) is -3.66. The van der Waals surface area contributed by atoms with E-state index in [1.807, 2.05) is 4.57 Å². The molecule has 2 aromatic heterocycles. The quantitative estimate of drug-likeness (QED) is 0.851. The van der Waals surface area contributed by atoms with E-state index in [9.17, 15) is 8.42 Å². The highest BCUT2D eigenvalue weighted by Gasteiger charge is 2.28. The molecule has 3 rings (SSSR count). The van der Waals surface area contributed by atoms with Gasteiger partial charge in [0.05, 0.1) is 0 Å². The van der Waals surface area contributed by atoms with Crippen molar-refractivity contribution in [2.24, 2.45) is 5.73 Å². The third-order valence-electron chi connectivity index (χ3n) is 3.18. The molecule has 0 unspecified atom stereocenters. The van der Waals surface area contributed by atoms with Crippen LogP contribution in [0.3, 0.4) is 0 Å². The minimum absolute atomic E-state index is 0.195. The fourth-order valence-electron chi connectivity index (χ4n) is 2.05. The molecule has 7 nitrogen and oxygen atoms in total. The van der Waals surface area contributed by atoms with E-state index in [2.05, 4.69) is 14.9 Å². The van der Waals surface area contributed by atoms with Crippen LogP contribution in [0.25, 0.3) is 0 Å². The van der Waals surface area contributed by atoms with Crippen LogP contribution in [0.2, 0.25) is 0 Å². The molecule has 0 saturated heterocycles. The summed E-state index contributed by atoms with van der Waals surface area (Å²) in [5.74, 6) is 0.195. The summed E-state index contributed by atoms with van der Waals surface area (Å²) < 4.78 is 28.9. The molecule has 1 fully saturated rings. The zero-order valence-electron chi connectivity index (χ0n) is 10.7.